The van der Waals surface area contributed by atoms with Crippen LogP contribution in [0.4, 0.5) is 5.82 Å². The van der Waals surface area contributed by atoms with Crippen LogP contribution >= 0.6 is 22.9 Å². The van der Waals surface area contributed by atoms with Crippen LogP contribution in [0.15, 0.2) is 60.4 Å². The van der Waals surface area contributed by atoms with E-state index >= 15 is 0 Å². The van der Waals surface area contributed by atoms with Crippen molar-refractivity contribution < 1.29 is 4.79 Å². The van der Waals surface area contributed by atoms with Crippen LogP contribution in [0.2, 0.25) is 5.02 Å². The molecule has 1 unspecified atom stereocenters. The van der Waals surface area contributed by atoms with Crippen LogP contribution in [-0.2, 0) is 4.79 Å². The highest BCUT2D eigenvalue weighted by molar-refractivity contribution is 7.10. The van der Waals surface area contributed by atoms with Gasteiger partial charge in [0.25, 0.3) is 0 Å². The molecule has 0 radical (unpaired) electrons. The number of thiophene rings is 1. The molecule has 1 aromatic carbocycles. The summed E-state index contributed by atoms with van der Waals surface area (Å²) in [7, 11) is 0. The SMILES string of the molecule is O=C(NC(c1ccc(Cl)cc1)c1cccs1)C1CCN(c2cnccn2)CC1. The van der Waals surface area contributed by atoms with Gasteiger partial charge in [0.2, 0.25) is 5.91 Å². The average molecular weight is 413 g/mol. The Labute approximate surface area is 173 Å². The second-order valence-electron chi connectivity index (χ2n) is 6.83. The van der Waals surface area contributed by atoms with E-state index in [2.05, 4.69) is 26.3 Å². The van der Waals surface area contributed by atoms with Gasteiger partial charge in [0.15, 0.2) is 0 Å². The molecule has 144 valence electrons. The zero-order valence-corrected chi connectivity index (χ0v) is 16.9. The molecule has 7 heteroatoms. The summed E-state index contributed by atoms with van der Waals surface area (Å²) in [5.74, 6) is 0.980. The van der Waals surface area contributed by atoms with Crippen molar-refractivity contribution in [3.63, 3.8) is 0 Å². The largest absolute Gasteiger partial charge is 0.355 e. The number of rotatable bonds is 5. The first-order valence-electron chi connectivity index (χ1n) is 9.31. The molecule has 0 spiro atoms. The minimum Gasteiger partial charge on any atom is -0.355 e. The zero-order valence-electron chi connectivity index (χ0n) is 15.3. The van der Waals surface area contributed by atoms with Gasteiger partial charge in [0.1, 0.15) is 5.82 Å². The minimum atomic E-state index is -0.150. The Morgan fingerprint density at radius 2 is 1.96 bits per heavy atom. The molecule has 1 aliphatic rings. The second-order valence-corrected chi connectivity index (χ2v) is 8.25. The van der Waals surface area contributed by atoms with Crippen LogP contribution in [0.3, 0.4) is 0 Å². The predicted molar refractivity (Wildman–Crippen MR) is 113 cm³/mol. The third-order valence-corrected chi connectivity index (χ3v) is 6.25. The van der Waals surface area contributed by atoms with E-state index in [1.807, 2.05) is 35.7 Å². The lowest BCUT2D eigenvalue weighted by atomic mass is 9.95. The molecular formula is C21H21ClN4OS. The Morgan fingerprint density at radius 1 is 1.18 bits per heavy atom. The van der Waals surface area contributed by atoms with E-state index in [4.69, 9.17) is 11.6 Å². The number of nitrogens with zero attached hydrogens (tertiary/aromatic N) is 3. The minimum absolute atomic E-state index is 0.00249. The fraction of sp³-hybridized carbons (Fsp3) is 0.286. The highest BCUT2D eigenvalue weighted by Gasteiger charge is 2.28. The molecule has 0 bridgehead atoms. The number of anilines is 1. The summed E-state index contributed by atoms with van der Waals surface area (Å²) in [6.07, 6.45) is 6.76. The highest BCUT2D eigenvalue weighted by Crippen LogP contribution is 2.29. The van der Waals surface area contributed by atoms with Crippen molar-refractivity contribution >= 4 is 34.7 Å². The summed E-state index contributed by atoms with van der Waals surface area (Å²) in [6.45, 7) is 1.61. The quantitative estimate of drug-likeness (QED) is 0.678. The number of benzene rings is 1. The Hall–Kier alpha value is -2.44. The number of carbonyl (C=O) groups is 1. The standard InChI is InChI=1S/C21H21ClN4OS/c22-17-5-3-15(4-6-17)20(18-2-1-13-28-18)25-21(27)16-7-11-26(12-8-16)19-14-23-9-10-24-19/h1-6,9-10,13-14,16,20H,7-8,11-12H2,(H,25,27). The molecule has 4 rings (SSSR count). The molecule has 1 N–H and O–H groups in total. The summed E-state index contributed by atoms with van der Waals surface area (Å²) in [4.78, 5) is 24.8. The molecule has 2 aromatic heterocycles. The fourth-order valence-corrected chi connectivity index (χ4v) is 4.44. The lowest BCUT2D eigenvalue weighted by Gasteiger charge is -2.32. The van der Waals surface area contributed by atoms with Gasteiger partial charge in [-0.3, -0.25) is 9.78 Å². The van der Waals surface area contributed by atoms with Crippen molar-refractivity contribution in [2.24, 2.45) is 5.92 Å². The molecule has 5 nitrogen and oxygen atoms in total. The molecule has 0 saturated carbocycles. The van der Waals surface area contributed by atoms with E-state index in [0.717, 1.165) is 42.2 Å². The molecular weight excluding hydrogens is 392 g/mol. The number of carbonyl (C=O) groups excluding carboxylic acids is 1. The van der Waals surface area contributed by atoms with Crippen LogP contribution < -0.4 is 10.2 Å². The van der Waals surface area contributed by atoms with Gasteiger partial charge < -0.3 is 10.2 Å². The van der Waals surface area contributed by atoms with Crippen molar-refractivity contribution in [3.8, 4) is 0 Å². The molecule has 1 aliphatic heterocycles. The van der Waals surface area contributed by atoms with Gasteiger partial charge in [0, 0.05) is 41.3 Å². The molecule has 28 heavy (non-hydrogen) atoms. The predicted octanol–water partition coefficient (Wildman–Crippen LogP) is 4.31. The van der Waals surface area contributed by atoms with E-state index in [9.17, 15) is 4.79 Å². The van der Waals surface area contributed by atoms with Gasteiger partial charge in [-0.2, -0.15) is 0 Å². The highest BCUT2D eigenvalue weighted by atomic mass is 35.5. The van der Waals surface area contributed by atoms with Crippen molar-refractivity contribution in [1.82, 2.24) is 15.3 Å². The van der Waals surface area contributed by atoms with E-state index in [1.165, 1.54) is 0 Å². The molecule has 0 aliphatic carbocycles. The molecule has 3 heterocycles. The number of halogens is 1. The third-order valence-electron chi connectivity index (χ3n) is 5.06. The van der Waals surface area contributed by atoms with Gasteiger partial charge in [0.05, 0.1) is 12.2 Å². The normalized spacial score (nSPS) is 16.0. The third kappa shape index (κ3) is 4.34. The maximum absolute atomic E-state index is 13.0. The van der Waals surface area contributed by atoms with E-state index in [-0.39, 0.29) is 17.9 Å². The first-order valence-corrected chi connectivity index (χ1v) is 10.6. The summed E-state index contributed by atoms with van der Waals surface area (Å²) < 4.78 is 0. The van der Waals surface area contributed by atoms with E-state index in [0.29, 0.717) is 5.02 Å². The fourth-order valence-electron chi connectivity index (χ4n) is 3.51. The smallest absolute Gasteiger partial charge is 0.224 e. The first kappa shape index (κ1) is 18.9. The second kappa shape index (κ2) is 8.71. The Morgan fingerprint density at radius 3 is 2.61 bits per heavy atom. The Kier molecular flexibility index (Phi) is 5.88. The van der Waals surface area contributed by atoms with Crippen LogP contribution in [0.25, 0.3) is 0 Å². The van der Waals surface area contributed by atoms with Gasteiger partial charge in [-0.15, -0.1) is 11.3 Å². The van der Waals surface area contributed by atoms with Crippen molar-refractivity contribution in [3.05, 3.63) is 75.8 Å². The van der Waals surface area contributed by atoms with Crippen LogP contribution in [0.5, 0.6) is 0 Å². The number of hydrogen-bond acceptors (Lipinski definition) is 5. The van der Waals surface area contributed by atoms with Gasteiger partial charge in [-0.25, -0.2) is 4.98 Å². The number of amides is 1. The summed E-state index contributed by atoms with van der Waals surface area (Å²) >= 11 is 7.68. The van der Waals surface area contributed by atoms with Crippen molar-refractivity contribution in [1.29, 1.82) is 0 Å². The lowest BCUT2D eigenvalue weighted by molar-refractivity contribution is -0.126. The van der Waals surface area contributed by atoms with Gasteiger partial charge in [-0.05, 0) is 42.0 Å². The Bertz CT molecular complexity index is 894. The lowest BCUT2D eigenvalue weighted by Crippen LogP contribution is -2.42. The zero-order chi connectivity index (χ0) is 19.3. The number of hydrogen-bond donors (Lipinski definition) is 1. The summed E-state index contributed by atoms with van der Waals surface area (Å²) in [5.41, 5.74) is 1.04. The topological polar surface area (TPSA) is 58.1 Å². The van der Waals surface area contributed by atoms with Crippen LogP contribution in [0.1, 0.15) is 29.3 Å². The Balaban J connectivity index is 1.43. The summed E-state index contributed by atoms with van der Waals surface area (Å²) in [6, 6.07) is 11.6. The van der Waals surface area contributed by atoms with Crippen LogP contribution in [-0.4, -0.2) is 29.0 Å². The molecule has 1 atom stereocenters. The molecule has 1 fully saturated rings. The average Bonchev–Trinajstić information content (AvgIpc) is 3.28. The summed E-state index contributed by atoms with van der Waals surface area (Å²) in [5, 5.41) is 5.98. The first-order chi connectivity index (χ1) is 13.7. The molecule has 1 saturated heterocycles. The van der Waals surface area contributed by atoms with Gasteiger partial charge >= 0.3 is 0 Å². The van der Waals surface area contributed by atoms with E-state index in [1.54, 1.807) is 29.9 Å². The number of nitrogens with one attached hydrogen (secondary N) is 1. The van der Waals surface area contributed by atoms with Crippen LogP contribution in [0, 0.1) is 5.92 Å². The maximum Gasteiger partial charge on any atom is 0.224 e. The number of piperidine rings is 1. The maximum atomic E-state index is 13.0. The molecule has 1 amide bonds. The monoisotopic (exact) mass is 412 g/mol. The van der Waals surface area contributed by atoms with E-state index < -0.39 is 0 Å². The molecule has 3 aromatic rings. The van der Waals surface area contributed by atoms with Crippen molar-refractivity contribution in [2.45, 2.75) is 18.9 Å². The van der Waals surface area contributed by atoms with Gasteiger partial charge in [-0.1, -0.05) is 29.8 Å². The van der Waals surface area contributed by atoms with Crippen molar-refractivity contribution in [2.75, 3.05) is 18.0 Å². The number of aromatic nitrogens is 2.